The van der Waals surface area contributed by atoms with Gasteiger partial charge in [-0.05, 0) is 37.2 Å². The van der Waals surface area contributed by atoms with Gasteiger partial charge in [-0.3, -0.25) is 19.9 Å². The monoisotopic (exact) mass is 396 g/mol. The summed E-state index contributed by atoms with van der Waals surface area (Å²) in [5, 5.41) is 3.40. The van der Waals surface area contributed by atoms with Gasteiger partial charge in [0.2, 0.25) is 0 Å². The molecule has 1 aliphatic heterocycles. The van der Waals surface area contributed by atoms with Gasteiger partial charge in [0, 0.05) is 6.54 Å². The molecule has 1 aliphatic rings. The molecule has 2 N–H and O–H groups in total. The van der Waals surface area contributed by atoms with Gasteiger partial charge in [-0.15, -0.1) is 0 Å². The van der Waals surface area contributed by atoms with E-state index in [4.69, 9.17) is 4.74 Å². The highest BCUT2D eigenvalue weighted by Gasteiger charge is 2.49. The quantitative estimate of drug-likeness (QED) is 0.694. The Hall–Kier alpha value is -3.39. The Kier molecular flexibility index (Phi) is 5.84. The van der Waals surface area contributed by atoms with Crippen LogP contribution in [-0.2, 0) is 21.7 Å². The predicted molar refractivity (Wildman–Crippen MR) is 107 cm³/mol. The average molecular weight is 396 g/mol. The Morgan fingerprint density at radius 2 is 1.90 bits per heavy atom. The molecular formula is C21H24N4O4. The number of methoxy groups -OCH3 is 1. The van der Waals surface area contributed by atoms with Crippen molar-refractivity contribution < 1.29 is 19.1 Å². The van der Waals surface area contributed by atoms with Gasteiger partial charge in [0.05, 0.1) is 13.7 Å². The first-order chi connectivity index (χ1) is 13.8. The number of nitrogens with one attached hydrogen (secondary N) is 2. The number of carbonyl (C=O) groups is 3. The average Bonchev–Trinajstić information content (AvgIpc) is 2.92. The summed E-state index contributed by atoms with van der Waals surface area (Å²) >= 11 is 0. The van der Waals surface area contributed by atoms with E-state index in [1.807, 2.05) is 30.3 Å². The van der Waals surface area contributed by atoms with Crippen LogP contribution in [-0.4, -0.2) is 48.5 Å². The zero-order chi connectivity index (χ0) is 21.0. The summed E-state index contributed by atoms with van der Waals surface area (Å²) in [5.41, 5.74) is 2.81. The third-order valence-corrected chi connectivity index (χ3v) is 4.78. The number of hydrogen-bond acceptors (Lipinski definition) is 5. The first kappa shape index (κ1) is 20.3. The van der Waals surface area contributed by atoms with Crippen molar-refractivity contribution in [3.63, 3.8) is 0 Å². The third-order valence-electron chi connectivity index (χ3n) is 4.78. The molecule has 0 spiro atoms. The smallest absolute Gasteiger partial charge is 0.344 e. The normalized spacial score (nSPS) is 18.7. The molecule has 1 heterocycles. The summed E-state index contributed by atoms with van der Waals surface area (Å²) < 4.78 is 5.20. The fraction of sp³-hybridized carbons (Fsp3) is 0.286. The molecule has 3 rings (SSSR count). The first-order valence-electron chi connectivity index (χ1n) is 9.16. The highest BCUT2D eigenvalue weighted by molar-refractivity contribution is 6.08. The Labute approximate surface area is 169 Å². The van der Waals surface area contributed by atoms with Gasteiger partial charge in [-0.2, -0.15) is 5.01 Å². The van der Waals surface area contributed by atoms with Crippen molar-refractivity contribution in [2.75, 3.05) is 20.7 Å². The molecule has 2 aromatic rings. The lowest BCUT2D eigenvalue weighted by Crippen LogP contribution is -2.50. The highest BCUT2D eigenvalue weighted by Crippen LogP contribution is 2.27. The minimum atomic E-state index is -1.22. The largest absolute Gasteiger partial charge is 0.497 e. The maximum Gasteiger partial charge on any atom is 0.344 e. The van der Waals surface area contributed by atoms with Gasteiger partial charge >= 0.3 is 6.03 Å². The maximum absolute atomic E-state index is 12.8. The molecule has 0 unspecified atom stereocenters. The van der Waals surface area contributed by atoms with E-state index in [9.17, 15) is 14.4 Å². The molecule has 0 bridgehead atoms. The van der Waals surface area contributed by atoms with Gasteiger partial charge in [-0.1, -0.05) is 42.5 Å². The van der Waals surface area contributed by atoms with Crippen LogP contribution < -0.4 is 15.5 Å². The maximum atomic E-state index is 12.8. The number of likely N-dealkylation sites (N-methyl/N-ethyl adjacent to an activating group) is 1. The summed E-state index contributed by atoms with van der Waals surface area (Å²) in [7, 11) is 3.37. The summed E-state index contributed by atoms with van der Waals surface area (Å²) in [6.07, 6.45) is 0. The van der Waals surface area contributed by atoms with Crippen LogP contribution in [0.3, 0.4) is 0 Å². The van der Waals surface area contributed by atoms with Crippen LogP contribution in [0.4, 0.5) is 4.79 Å². The standard InChI is InChI=1S/C21H24N4O4/c1-21(16-9-5-4-6-10-16)19(27)25(20(28)22-21)23-18(26)14-24(2)13-15-8-7-11-17(12-15)29-3/h4-12H,13-14H2,1-3H3,(H,22,28)(H,23,26)/t21-/m0/s1. The fourth-order valence-corrected chi connectivity index (χ4v) is 3.25. The molecule has 0 aliphatic carbocycles. The van der Waals surface area contributed by atoms with E-state index in [0.717, 1.165) is 16.3 Å². The van der Waals surface area contributed by atoms with Crippen molar-refractivity contribution in [1.29, 1.82) is 0 Å². The summed E-state index contributed by atoms with van der Waals surface area (Å²) in [6, 6.07) is 15.8. The second-order valence-electron chi connectivity index (χ2n) is 7.12. The zero-order valence-electron chi connectivity index (χ0n) is 16.6. The Morgan fingerprint density at radius 3 is 2.59 bits per heavy atom. The van der Waals surface area contributed by atoms with Crippen LogP contribution >= 0.6 is 0 Å². The van der Waals surface area contributed by atoms with E-state index in [2.05, 4.69) is 10.7 Å². The van der Waals surface area contributed by atoms with Gasteiger partial charge in [0.15, 0.2) is 0 Å². The number of imide groups is 1. The molecule has 1 atom stereocenters. The van der Waals surface area contributed by atoms with Gasteiger partial charge < -0.3 is 10.1 Å². The van der Waals surface area contributed by atoms with Crippen LogP contribution in [0.1, 0.15) is 18.1 Å². The number of urea groups is 1. The number of hydrogen-bond donors (Lipinski definition) is 2. The van der Waals surface area contributed by atoms with E-state index in [-0.39, 0.29) is 6.54 Å². The molecule has 8 heteroatoms. The summed E-state index contributed by atoms with van der Waals surface area (Å²) in [5.74, 6) is -0.256. The zero-order valence-corrected chi connectivity index (χ0v) is 16.6. The number of hydrazine groups is 1. The van der Waals surface area contributed by atoms with E-state index in [0.29, 0.717) is 12.1 Å². The van der Waals surface area contributed by atoms with E-state index < -0.39 is 23.4 Å². The second-order valence-corrected chi connectivity index (χ2v) is 7.12. The van der Waals surface area contributed by atoms with Crippen molar-refractivity contribution in [2.45, 2.75) is 19.0 Å². The van der Waals surface area contributed by atoms with Crippen molar-refractivity contribution in [3.05, 3.63) is 65.7 Å². The number of carbonyl (C=O) groups excluding carboxylic acids is 3. The number of rotatable bonds is 7. The van der Waals surface area contributed by atoms with Gasteiger partial charge in [0.1, 0.15) is 11.3 Å². The molecule has 8 nitrogen and oxygen atoms in total. The Morgan fingerprint density at radius 1 is 1.17 bits per heavy atom. The molecular weight excluding hydrogens is 372 g/mol. The number of amides is 4. The van der Waals surface area contributed by atoms with Crippen molar-refractivity contribution in [1.82, 2.24) is 20.7 Å². The predicted octanol–water partition coefficient (Wildman–Crippen LogP) is 1.63. The second kappa shape index (κ2) is 8.32. The van der Waals surface area contributed by atoms with Gasteiger partial charge in [-0.25, -0.2) is 4.79 Å². The first-order valence-corrected chi connectivity index (χ1v) is 9.16. The SMILES string of the molecule is COc1cccc(CN(C)CC(=O)NN2C(=O)N[C@@](C)(c3ccccc3)C2=O)c1. The minimum absolute atomic E-state index is 0.0102. The molecule has 0 radical (unpaired) electrons. The minimum Gasteiger partial charge on any atom is -0.497 e. The molecule has 29 heavy (non-hydrogen) atoms. The van der Waals surface area contributed by atoms with E-state index >= 15 is 0 Å². The van der Waals surface area contributed by atoms with Crippen LogP contribution in [0.15, 0.2) is 54.6 Å². The number of ether oxygens (including phenoxy) is 1. The van der Waals surface area contributed by atoms with Gasteiger partial charge in [0.25, 0.3) is 11.8 Å². The number of nitrogens with zero attached hydrogens (tertiary/aromatic N) is 2. The third kappa shape index (κ3) is 4.38. The van der Waals surface area contributed by atoms with Crippen molar-refractivity contribution >= 4 is 17.8 Å². The lowest BCUT2D eigenvalue weighted by Gasteiger charge is -2.22. The Bertz CT molecular complexity index is 918. The van der Waals surface area contributed by atoms with Crippen molar-refractivity contribution in [3.8, 4) is 5.75 Å². The highest BCUT2D eigenvalue weighted by atomic mass is 16.5. The van der Waals surface area contributed by atoms with E-state index in [1.165, 1.54) is 0 Å². The van der Waals surface area contributed by atoms with Crippen molar-refractivity contribution in [2.24, 2.45) is 0 Å². The summed E-state index contributed by atoms with van der Waals surface area (Å²) in [6.45, 7) is 2.13. The van der Waals surface area contributed by atoms with Crippen LogP contribution in [0.5, 0.6) is 5.75 Å². The van der Waals surface area contributed by atoms with Crippen LogP contribution in [0, 0.1) is 0 Å². The Balaban J connectivity index is 1.61. The number of benzene rings is 2. The molecule has 0 saturated carbocycles. The molecule has 0 aromatic heterocycles. The lowest BCUT2D eigenvalue weighted by molar-refractivity contribution is -0.139. The molecule has 1 saturated heterocycles. The summed E-state index contributed by atoms with van der Waals surface area (Å²) in [4.78, 5) is 39.3. The van der Waals surface area contributed by atoms with E-state index in [1.54, 1.807) is 50.2 Å². The molecule has 2 aromatic carbocycles. The molecule has 1 fully saturated rings. The molecule has 4 amide bonds. The van der Waals surface area contributed by atoms with Crippen LogP contribution in [0.2, 0.25) is 0 Å². The molecule has 152 valence electrons. The lowest BCUT2D eigenvalue weighted by atomic mass is 9.92. The topological polar surface area (TPSA) is 91.0 Å². The van der Waals surface area contributed by atoms with Crippen LogP contribution in [0.25, 0.3) is 0 Å². The fourth-order valence-electron chi connectivity index (χ4n) is 3.25.